The third-order valence-corrected chi connectivity index (χ3v) is 2.80. The van der Waals surface area contributed by atoms with Gasteiger partial charge in [-0.25, -0.2) is 5.48 Å². The van der Waals surface area contributed by atoms with Crippen LogP contribution in [0.1, 0.15) is 18.9 Å². The minimum atomic E-state index is -1.39. The number of carboxylic acids is 1. The molecule has 0 heterocycles. The average Bonchev–Trinajstić information content (AvgIpc) is 2.38. The predicted octanol–water partition coefficient (Wildman–Crippen LogP) is -0.0479. The summed E-state index contributed by atoms with van der Waals surface area (Å²) in [6.45, 7) is 0.971. The highest BCUT2D eigenvalue weighted by Crippen LogP contribution is 2.27. The van der Waals surface area contributed by atoms with Crippen molar-refractivity contribution in [2.45, 2.75) is 18.8 Å². The molecule has 0 fully saturated rings. The quantitative estimate of drug-likeness (QED) is 0.605. The number of amides is 2. The Labute approximate surface area is 115 Å². The number of hydrogen-bond acceptors (Lipinski definition) is 4. The summed E-state index contributed by atoms with van der Waals surface area (Å²) in [4.78, 5) is 38.1. The molecule has 1 aromatic carbocycles. The maximum absolute atomic E-state index is 11.7. The molecule has 1 unspecified atom stereocenters. The molecule has 108 valence electrons. The summed E-state index contributed by atoms with van der Waals surface area (Å²) in [5, 5.41) is 9.35. The summed E-state index contributed by atoms with van der Waals surface area (Å²) >= 11 is 0. The zero-order chi connectivity index (χ0) is 15.2. The van der Waals surface area contributed by atoms with Gasteiger partial charge < -0.3 is 10.8 Å². The van der Waals surface area contributed by atoms with E-state index in [1.54, 1.807) is 30.3 Å². The molecule has 0 aliphatic rings. The number of carboxylic acid groups (broad SMARTS) is 1. The molecule has 4 N–H and O–H groups in total. The lowest BCUT2D eigenvalue weighted by molar-refractivity contribution is -0.149. The van der Waals surface area contributed by atoms with E-state index in [-0.39, 0.29) is 6.42 Å². The molecular formula is C13H16N2O5. The Morgan fingerprint density at radius 3 is 2.40 bits per heavy atom. The Bertz CT molecular complexity index is 503. The lowest BCUT2D eigenvalue weighted by Crippen LogP contribution is -2.39. The summed E-state index contributed by atoms with van der Waals surface area (Å²) < 4.78 is 0. The van der Waals surface area contributed by atoms with Gasteiger partial charge in [0.2, 0.25) is 11.8 Å². The van der Waals surface area contributed by atoms with Crippen LogP contribution < -0.4 is 11.2 Å². The fourth-order valence-corrected chi connectivity index (χ4v) is 1.65. The molecule has 0 bridgehead atoms. The molecule has 0 radical (unpaired) electrons. The zero-order valence-electron chi connectivity index (χ0n) is 11.0. The number of hydrogen-bond donors (Lipinski definition) is 3. The lowest BCUT2D eigenvalue weighted by Gasteiger charge is -2.24. The summed E-state index contributed by atoms with van der Waals surface area (Å²) in [5.41, 5.74) is 5.94. The van der Waals surface area contributed by atoms with Crippen LogP contribution in [0.15, 0.2) is 30.3 Å². The molecule has 7 heteroatoms. The molecule has 0 aliphatic carbocycles. The van der Waals surface area contributed by atoms with Crippen LogP contribution in [0.25, 0.3) is 0 Å². The fourth-order valence-electron chi connectivity index (χ4n) is 1.65. The van der Waals surface area contributed by atoms with Crippen molar-refractivity contribution in [1.29, 1.82) is 0 Å². The average molecular weight is 280 g/mol. The Morgan fingerprint density at radius 1 is 1.30 bits per heavy atom. The van der Waals surface area contributed by atoms with E-state index >= 15 is 0 Å². The van der Waals surface area contributed by atoms with Crippen molar-refractivity contribution in [3.05, 3.63) is 35.9 Å². The highest BCUT2D eigenvalue weighted by molar-refractivity contribution is 5.88. The fraction of sp³-hybridized carbons (Fsp3) is 0.308. The molecule has 0 saturated carbocycles. The molecule has 2 amide bonds. The molecule has 0 spiro atoms. The first kappa shape index (κ1) is 15.6. The van der Waals surface area contributed by atoms with Crippen molar-refractivity contribution in [3.63, 3.8) is 0 Å². The van der Waals surface area contributed by atoms with Gasteiger partial charge >= 0.3 is 5.97 Å². The van der Waals surface area contributed by atoms with E-state index in [1.807, 2.05) is 5.48 Å². The van der Waals surface area contributed by atoms with Crippen LogP contribution in [-0.4, -0.2) is 29.5 Å². The summed E-state index contributed by atoms with van der Waals surface area (Å²) in [6.07, 6.45) is -0.328. The van der Waals surface area contributed by atoms with Gasteiger partial charge in [0.15, 0.2) is 6.61 Å². The van der Waals surface area contributed by atoms with E-state index in [0.717, 1.165) is 0 Å². The zero-order valence-corrected chi connectivity index (χ0v) is 11.0. The number of hydroxylamine groups is 1. The standard InChI is InChI=1S/C13H16N2O5/c1-13(12(18)19,9-5-3-2-4-6-9)7-11(17)15-20-8-10(14)16/h2-6H,7-8H2,1H3,(H2,14,16)(H,15,17)(H,18,19). The highest BCUT2D eigenvalue weighted by atomic mass is 16.7. The van der Waals surface area contributed by atoms with Gasteiger partial charge in [-0.1, -0.05) is 30.3 Å². The van der Waals surface area contributed by atoms with E-state index < -0.39 is 29.8 Å². The van der Waals surface area contributed by atoms with Crippen LogP contribution in [0.2, 0.25) is 0 Å². The van der Waals surface area contributed by atoms with Crippen LogP contribution in [0.5, 0.6) is 0 Å². The van der Waals surface area contributed by atoms with E-state index in [1.165, 1.54) is 6.92 Å². The normalized spacial score (nSPS) is 13.2. The van der Waals surface area contributed by atoms with Gasteiger partial charge in [0.1, 0.15) is 0 Å². The van der Waals surface area contributed by atoms with E-state index in [2.05, 4.69) is 4.84 Å². The molecular weight excluding hydrogens is 264 g/mol. The minimum Gasteiger partial charge on any atom is -0.481 e. The molecule has 0 aromatic heterocycles. The van der Waals surface area contributed by atoms with Gasteiger partial charge in [0, 0.05) is 6.42 Å². The van der Waals surface area contributed by atoms with Crippen molar-refractivity contribution in [2.75, 3.05) is 6.61 Å². The second-order valence-electron chi connectivity index (χ2n) is 4.46. The summed E-state index contributed by atoms with van der Waals surface area (Å²) in [6, 6.07) is 8.40. The molecule has 20 heavy (non-hydrogen) atoms. The number of aliphatic carboxylic acids is 1. The van der Waals surface area contributed by atoms with Crippen LogP contribution in [0.3, 0.4) is 0 Å². The van der Waals surface area contributed by atoms with Gasteiger partial charge in [0.25, 0.3) is 0 Å². The SMILES string of the molecule is CC(CC(=O)NOCC(N)=O)(C(=O)O)c1ccccc1. The van der Waals surface area contributed by atoms with E-state index in [9.17, 15) is 19.5 Å². The van der Waals surface area contributed by atoms with Crippen molar-refractivity contribution < 1.29 is 24.3 Å². The van der Waals surface area contributed by atoms with Crippen molar-refractivity contribution >= 4 is 17.8 Å². The number of primary amides is 1. The molecule has 0 aliphatic heterocycles. The van der Waals surface area contributed by atoms with Crippen molar-refractivity contribution in [1.82, 2.24) is 5.48 Å². The highest BCUT2D eigenvalue weighted by Gasteiger charge is 2.37. The lowest BCUT2D eigenvalue weighted by atomic mass is 9.79. The third kappa shape index (κ3) is 4.06. The Morgan fingerprint density at radius 2 is 1.90 bits per heavy atom. The topological polar surface area (TPSA) is 119 Å². The maximum atomic E-state index is 11.7. The number of benzene rings is 1. The third-order valence-electron chi connectivity index (χ3n) is 2.80. The smallest absolute Gasteiger partial charge is 0.314 e. The van der Waals surface area contributed by atoms with Gasteiger partial charge in [-0.2, -0.15) is 0 Å². The Balaban J connectivity index is 2.75. The monoisotopic (exact) mass is 280 g/mol. The Kier molecular flexibility index (Phi) is 5.22. The van der Waals surface area contributed by atoms with Gasteiger partial charge in [-0.15, -0.1) is 0 Å². The van der Waals surface area contributed by atoms with Crippen LogP contribution >= 0.6 is 0 Å². The predicted molar refractivity (Wildman–Crippen MR) is 69.3 cm³/mol. The second kappa shape index (κ2) is 6.67. The van der Waals surface area contributed by atoms with Gasteiger partial charge in [-0.3, -0.25) is 19.2 Å². The van der Waals surface area contributed by atoms with Crippen LogP contribution in [0, 0.1) is 0 Å². The first-order valence-corrected chi connectivity index (χ1v) is 5.84. The van der Waals surface area contributed by atoms with Crippen molar-refractivity contribution in [3.8, 4) is 0 Å². The molecule has 0 saturated heterocycles. The van der Waals surface area contributed by atoms with Gasteiger partial charge in [0.05, 0.1) is 5.41 Å². The number of carbonyl (C=O) groups is 3. The first-order chi connectivity index (χ1) is 9.36. The number of nitrogens with two attached hydrogens (primary N) is 1. The van der Waals surface area contributed by atoms with Crippen LogP contribution in [0.4, 0.5) is 0 Å². The molecule has 7 nitrogen and oxygen atoms in total. The number of carbonyl (C=O) groups excluding carboxylic acids is 2. The second-order valence-corrected chi connectivity index (χ2v) is 4.46. The molecule has 1 aromatic rings. The minimum absolute atomic E-state index is 0.328. The maximum Gasteiger partial charge on any atom is 0.314 e. The van der Waals surface area contributed by atoms with Gasteiger partial charge in [-0.05, 0) is 12.5 Å². The molecule has 1 rings (SSSR count). The first-order valence-electron chi connectivity index (χ1n) is 5.84. The summed E-state index contributed by atoms with van der Waals surface area (Å²) in [5.74, 6) is -2.52. The Hall–Kier alpha value is -2.41. The van der Waals surface area contributed by atoms with E-state index in [0.29, 0.717) is 5.56 Å². The van der Waals surface area contributed by atoms with E-state index in [4.69, 9.17) is 5.73 Å². The summed E-state index contributed by atoms with van der Waals surface area (Å²) in [7, 11) is 0. The number of rotatable bonds is 7. The molecule has 1 atom stereocenters. The largest absolute Gasteiger partial charge is 0.481 e. The van der Waals surface area contributed by atoms with Crippen molar-refractivity contribution in [2.24, 2.45) is 5.73 Å². The van der Waals surface area contributed by atoms with Crippen LogP contribution in [-0.2, 0) is 24.6 Å². The number of nitrogens with one attached hydrogen (secondary N) is 1.